The van der Waals surface area contributed by atoms with Crippen LogP contribution in [0.25, 0.3) is 0 Å². The lowest BCUT2D eigenvalue weighted by molar-refractivity contribution is 0.0782. The van der Waals surface area contributed by atoms with Gasteiger partial charge in [-0.15, -0.1) is 0 Å². The van der Waals surface area contributed by atoms with Gasteiger partial charge in [0.05, 0.1) is 19.8 Å². The molecule has 5 heteroatoms. The zero-order valence-corrected chi connectivity index (χ0v) is 14.6. The summed E-state index contributed by atoms with van der Waals surface area (Å²) in [6.07, 6.45) is 0. The second-order valence-corrected chi connectivity index (χ2v) is 6.26. The average Bonchev–Trinajstić information content (AvgIpc) is 3.11. The van der Waals surface area contributed by atoms with E-state index in [1.807, 2.05) is 23.1 Å². The van der Waals surface area contributed by atoms with Crippen LogP contribution in [0.4, 0.5) is 0 Å². The maximum atomic E-state index is 13.1. The molecule has 2 atom stereocenters. The van der Waals surface area contributed by atoms with Gasteiger partial charge in [0.1, 0.15) is 0 Å². The van der Waals surface area contributed by atoms with Crippen molar-refractivity contribution in [3.05, 3.63) is 59.7 Å². The van der Waals surface area contributed by atoms with Crippen molar-refractivity contribution in [2.75, 3.05) is 33.9 Å². The molecule has 0 aliphatic carbocycles. The summed E-state index contributed by atoms with van der Waals surface area (Å²) < 4.78 is 10.7. The molecule has 0 unspecified atom stereocenters. The highest BCUT2D eigenvalue weighted by Crippen LogP contribution is 2.36. The number of carbonyl (C=O) groups is 1. The fourth-order valence-corrected chi connectivity index (χ4v) is 3.58. The summed E-state index contributed by atoms with van der Waals surface area (Å²) in [4.78, 5) is 15.0. The number of amides is 1. The van der Waals surface area contributed by atoms with Crippen LogP contribution in [0.3, 0.4) is 0 Å². The Morgan fingerprint density at radius 3 is 2.48 bits per heavy atom. The molecule has 1 aliphatic heterocycles. The third-order valence-corrected chi connectivity index (χ3v) is 4.89. The van der Waals surface area contributed by atoms with Crippen molar-refractivity contribution in [3.63, 3.8) is 0 Å². The highest BCUT2D eigenvalue weighted by atomic mass is 16.5. The van der Waals surface area contributed by atoms with Crippen LogP contribution in [0, 0.1) is 5.92 Å². The molecule has 1 heterocycles. The molecule has 132 valence electrons. The van der Waals surface area contributed by atoms with Crippen LogP contribution in [-0.2, 0) is 0 Å². The molecule has 3 rings (SSSR count). The number of ether oxygens (including phenoxy) is 2. The highest BCUT2D eigenvalue weighted by Gasteiger charge is 2.36. The SMILES string of the molecule is COc1cccc(C(=O)N2C[C@@H](CN)[C@H](c3ccccc3)C2)c1OC. The topological polar surface area (TPSA) is 64.8 Å². The molecule has 1 aliphatic rings. The van der Waals surface area contributed by atoms with Gasteiger partial charge in [-0.3, -0.25) is 4.79 Å². The van der Waals surface area contributed by atoms with Crippen LogP contribution in [0.2, 0.25) is 0 Å². The molecule has 2 N–H and O–H groups in total. The number of nitrogens with zero attached hydrogens (tertiary/aromatic N) is 1. The monoisotopic (exact) mass is 340 g/mol. The largest absolute Gasteiger partial charge is 0.493 e. The third kappa shape index (κ3) is 3.33. The highest BCUT2D eigenvalue weighted by molar-refractivity contribution is 5.98. The minimum Gasteiger partial charge on any atom is -0.493 e. The molecule has 0 saturated carbocycles. The predicted molar refractivity (Wildman–Crippen MR) is 97.2 cm³/mol. The summed E-state index contributed by atoms with van der Waals surface area (Å²) in [5.74, 6) is 1.49. The Labute approximate surface area is 148 Å². The number of methoxy groups -OCH3 is 2. The molecule has 5 nitrogen and oxygen atoms in total. The first-order valence-corrected chi connectivity index (χ1v) is 8.44. The minimum absolute atomic E-state index is 0.0485. The van der Waals surface area contributed by atoms with E-state index in [4.69, 9.17) is 15.2 Å². The predicted octanol–water partition coefficient (Wildman–Crippen LogP) is 2.52. The van der Waals surface area contributed by atoms with Crippen molar-refractivity contribution in [2.45, 2.75) is 5.92 Å². The van der Waals surface area contributed by atoms with Crippen LogP contribution < -0.4 is 15.2 Å². The van der Waals surface area contributed by atoms with Crippen molar-refractivity contribution >= 4 is 5.91 Å². The molecule has 1 fully saturated rings. The second-order valence-electron chi connectivity index (χ2n) is 6.26. The molecule has 1 amide bonds. The number of nitrogens with two attached hydrogens (primary N) is 1. The van der Waals surface area contributed by atoms with Gasteiger partial charge in [-0.1, -0.05) is 36.4 Å². The summed E-state index contributed by atoms with van der Waals surface area (Å²) in [5, 5.41) is 0. The molecule has 25 heavy (non-hydrogen) atoms. The van der Waals surface area contributed by atoms with Crippen molar-refractivity contribution in [3.8, 4) is 11.5 Å². The number of hydrogen-bond acceptors (Lipinski definition) is 4. The van der Waals surface area contributed by atoms with E-state index in [9.17, 15) is 4.79 Å². The maximum absolute atomic E-state index is 13.1. The molecule has 0 radical (unpaired) electrons. The summed E-state index contributed by atoms with van der Waals surface area (Å²) in [5.41, 5.74) is 7.73. The first-order chi connectivity index (χ1) is 12.2. The Bertz CT molecular complexity index is 733. The van der Waals surface area contributed by atoms with Gasteiger partial charge in [-0.05, 0) is 30.2 Å². The van der Waals surface area contributed by atoms with Crippen LogP contribution >= 0.6 is 0 Å². The molecular weight excluding hydrogens is 316 g/mol. The second kappa shape index (κ2) is 7.57. The van der Waals surface area contributed by atoms with E-state index < -0.39 is 0 Å². The number of benzene rings is 2. The zero-order valence-electron chi connectivity index (χ0n) is 14.6. The van der Waals surface area contributed by atoms with E-state index in [0.29, 0.717) is 36.7 Å². The van der Waals surface area contributed by atoms with Gasteiger partial charge in [0.2, 0.25) is 0 Å². The van der Waals surface area contributed by atoms with Crippen molar-refractivity contribution in [2.24, 2.45) is 11.7 Å². The van der Waals surface area contributed by atoms with Gasteiger partial charge in [0.15, 0.2) is 11.5 Å². The van der Waals surface area contributed by atoms with Gasteiger partial charge in [0.25, 0.3) is 5.91 Å². The normalized spacial score (nSPS) is 19.7. The molecular formula is C20H24N2O3. The van der Waals surface area contributed by atoms with Crippen LogP contribution in [-0.4, -0.2) is 44.7 Å². The van der Waals surface area contributed by atoms with E-state index in [-0.39, 0.29) is 17.7 Å². The summed E-state index contributed by atoms with van der Waals surface area (Å²) >= 11 is 0. The quantitative estimate of drug-likeness (QED) is 0.908. The summed E-state index contributed by atoms with van der Waals surface area (Å²) in [6.45, 7) is 1.86. The van der Waals surface area contributed by atoms with Gasteiger partial charge in [-0.25, -0.2) is 0 Å². The number of carbonyl (C=O) groups excluding carboxylic acids is 1. The number of likely N-dealkylation sites (tertiary alicyclic amines) is 1. The first kappa shape index (κ1) is 17.3. The van der Waals surface area contributed by atoms with E-state index >= 15 is 0 Å². The lowest BCUT2D eigenvalue weighted by atomic mass is 9.89. The fourth-order valence-electron chi connectivity index (χ4n) is 3.58. The maximum Gasteiger partial charge on any atom is 0.257 e. The van der Waals surface area contributed by atoms with Crippen molar-refractivity contribution in [1.29, 1.82) is 0 Å². The lowest BCUT2D eigenvalue weighted by Gasteiger charge is -2.19. The van der Waals surface area contributed by atoms with Crippen LogP contribution in [0.5, 0.6) is 11.5 Å². The fraction of sp³-hybridized carbons (Fsp3) is 0.350. The van der Waals surface area contributed by atoms with Crippen molar-refractivity contribution in [1.82, 2.24) is 4.90 Å². The Hall–Kier alpha value is -2.53. The molecule has 0 bridgehead atoms. The van der Waals surface area contributed by atoms with Crippen molar-refractivity contribution < 1.29 is 14.3 Å². The molecule has 1 saturated heterocycles. The van der Waals surface area contributed by atoms with E-state index in [1.54, 1.807) is 32.4 Å². The lowest BCUT2D eigenvalue weighted by Crippen LogP contribution is -2.30. The number of para-hydroxylation sites is 1. The molecule has 0 aromatic heterocycles. The standard InChI is InChI=1S/C20H24N2O3/c1-24-18-10-6-9-16(19(18)25-2)20(23)22-12-15(11-21)17(13-22)14-7-4-3-5-8-14/h3-10,15,17H,11-13,21H2,1-2H3/t15-,17+/m1/s1. The van der Waals surface area contributed by atoms with Gasteiger partial charge in [-0.2, -0.15) is 0 Å². The first-order valence-electron chi connectivity index (χ1n) is 8.44. The molecule has 0 spiro atoms. The van der Waals surface area contributed by atoms with E-state index in [1.165, 1.54) is 5.56 Å². The van der Waals surface area contributed by atoms with E-state index in [2.05, 4.69) is 12.1 Å². The van der Waals surface area contributed by atoms with Gasteiger partial charge in [0, 0.05) is 19.0 Å². The number of rotatable bonds is 5. The smallest absolute Gasteiger partial charge is 0.257 e. The van der Waals surface area contributed by atoms with Crippen LogP contribution in [0.1, 0.15) is 21.8 Å². The molecule has 2 aromatic rings. The van der Waals surface area contributed by atoms with Crippen LogP contribution in [0.15, 0.2) is 48.5 Å². The van der Waals surface area contributed by atoms with Gasteiger partial charge < -0.3 is 20.1 Å². The molecule has 2 aromatic carbocycles. The zero-order chi connectivity index (χ0) is 17.8. The Kier molecular flexibility index (Phi) is 5.24. The average molecular weight is 340 g/mol. The third-order valence-electron chi connectivity index (χ3n) is 4.89. The van der Waals surface area contributed by atoms with Gasteiger partial charge >= 0.3 is 0 Å². The summed E-state index contributed by atoms with van der Waals surface area (Å²) in [7, 11) is 3.12. The number of hydrogen-bond donors (Lipinski definition) is 1. The van der Waals surface area contributed by atoms with E-state index in [0.717, 1.165) is 0 Å². The minimum atomic E-state index is -0.0485. The Morgan fingerprint density at radius 1 is 1.08 bits per heavy atom. The Balaban J connectivity index is 1.87. The Morgan fingerprint density at radius 2 is 1.84 bits per heavy atom. The summed E-state index contributed by atoms with van der Waals surface area (Å²) in [6, 6.07) is 15.6.